The lowest BCUT2D eigenvalue weighted by molar-refractivity contribution is 0.154. The minimum Gasteiger partial charge on any atom is -0.380 e. The molecule has 0 aliphatic heterocycles. The number of ether oxygens (including phenoxy) is 1. The molecular formula is C15H26N2O. The van der Waals surface area contributed by atoms with Gasteiger partial charge >= 0.3 is 0 Å². The first kappa shape index (κ1) is 15.0. The highest BCUT2D eigenvalue weighted by atomic mass is 16.5. The van der Waals surface area contributed by atoms with Crippen LogP contribution in [0.3, 0.4) is 0 Å². The molecule has 1 N–H and O–H groups in total. The van der Waals surface area contributed by atoms with Crippen molar-refractivity contribution >= 4 is 5.69 Å². The summed E-state index contributed by atoms with van der Waals surface area (Å²) in [7, 11) is 2.00. The third kappa shape index (κ3) is 4.00. The van der Waals surface area contributed by atoms with Crippen molar-refractivity contribution in [1.82, 2.24) is 5.32 Å². The van der Waals surface area contributed by atoms with Crippen molar-refractivity contribution < 1.29 is 4.74 Å². The number of benzene rings is 1. The van der Waals surface area contributed by atoms with Crippen LogP contribution in [0.25, 0.3) is 0 Å². The standard InChI is InChI=1S/C15H26N2O/c1-5-17(11-12-18-6-2)15-10-8-7-9-14(15)13(3)16-4/h7-10,13,16H,5-6,11-12H2,1-4H3. The Morgan fingerprint density at radius 2 is 2.00 bits per heavy atom. The number of likely N-dealkylation sites (N-methyl/N-ethyl adjacent to an activating group) is 1. The molecule has 0 fully saturated rings. The summed E-state index contributed by atoms with van der Waals surface area (Å²) in [5.74, 6) is 0. The molecule has 1 rings (SSSR count). The van der Waals surface area contributed by atoms with E-state index in [0.717, 1.165) is 26.3 Å². The van der Waals surface area contributed by atoms with E-state index in [-0.39, 0.29) is 0 Å². The molecule has 0 saturated heterocycles. The highest BCUT2D eigenvalue weighted by Crippen LogP contribution is 2.25. The molecule has 18 heavy (non-hydrogen) atoms. The average molecular weight is 250 g/mol. The zero-order valence-corrected chi connectivity index (χ0v) is 12.1. The van der Waals surface area contributed by atoms with Gasteiger partial charge in [-0.25, -0.2) is 0 Å². The summed E-state index contributed by atoms with van der Waals surface area (Å²) in [6.07, 6.45) is 0. The maximum absolute atomic E-state index is 5.46. The number of nitrogens with zero attached hydrogens (tertiary/aromatic N) is 1. The van der Waals surface area contributed by atoms with Crippen LogP contribution in [-0.2, 0) is 4.74 Å². The molecule has 3 heteroatoms. The monoisotopic (exact) mass is 250 g/mol. The van der Waals surface area contributed by atoms with Gasteiger partial charge in [0, 0.05) is 31.4 Å². The van der Waals surface area contributed by atoms with Crippen molar-refractivity contribution in [3.05, 3.63) is 29.8 Å². The molecule has 102 valence electrons. The fourth-order valence-corrected chi connectivity index (χ4v) is 2.07. The summed E-state index contributed by atoms with van der Waals surface area (Å²) < 4.78 is 5.46. The maximum Gasteiger partial charge on any atom is 0.0641 e. The van der Waals surface area contributed by atoms with Crippen LogP contribution >= 0.6 is 0 Å². The van der Waals surface area contributed by atoms with Crippen LogP contribution in [0.2, 0.25) is 0 Å². The van der Waals surface area contributed by atoms with E-state index in [1.165, 1.54) is 11.3 Å². The second kappa shape index (κ2) is 8.11. The molecule has 0 radical (unpaired) electrons. The van der Waals surface area contributed by atoms with Crippen molar-refractivity contribution in [1.29, 1.82) is 0 Å². The molecule has 3 nitrogen and oxygen atoms in total. The van der Waals surface area contributed by atoms with Crippen molar-refractivity contribution in [2.45, 2.75) is 26.8 Å². The topological polar surface area (TPSA) is 24.5 Å². The van der Waals surface area contributed by atoms with Crippen LogP contribution in [-0.4, -0.2) is 33.4 Å². The predicted octanol–water partition coefficient (Wildman–Crippen LogP) is 2.83. The number of nitrogens with one attached hydrogen (secondary N) is 1. The Bertz CT molecular complexity index is 341. The Labute approximate surface area is 111 Å². The predicted molar refractivity (Wildman–Crippen MR) is 78.3 cm³/mol. The summed E-state index contributed by atoms with van der Waals surface area (Å²) in [4.78, 5) is 2.37. The van der Waals surface area contributed by atoms with E-state index in [1.54, 1.807) is 0 Å². The van der Waals surface area contributed by atoms with E-state index in [9.17, 15) is 0 Å². The maximum atomic E-state index is 5.46. The van der Waals surface area contributed by atoms with Crippen molar-refractivity contribution in [3.63, 3.8) is 0 Å². The van der Waals surface area contributed by atoms with Gasteiger partial charge in [0.1, 0.15) is 0 Å². The molecule has 1 aromatic rings. The lowest BCUT2D eigenvalue weighted by Crippen LogP contribution is -2.29. The molecule has 0 saturated carbocycles. The Hall–Kier alpha value is -1.06. The fraction of sp³-hybridized carbons (Fsp3) is 0.600. The molecule has 0 bridgehead atoms. The Balaban J connectivity index is 2.83. The van der Waals surface area contributed by atoms with Gasteiger partial charge in [-0.05, 0) is 39.4 Å². The van der Waals surface area contributed by atoms with Crippen LogP contribution in [0.5, 0.6) is 0 Å². The van der Waals surface area contributed by atoms with Crippen LogP contribution < -0.4 is 10.2 Å². The fourth-order valence-electron chi connectivity index (χ4n) is 2.07. The molecule has 0 aromatic heterocycles. The van der Waals surface area contributed by atoms with E-state index in [2.05, 4.69) is 48.3 Å². The van der Waals surface area contributed by atoms with Gasteiger partial charge in [0.25, 0.3) is 0 Å². The van der Waals surface area contributed by atoms with Gasteiger partial charge in [-0.3, -0.25) is 0 Å². The normalized spacial score (nSPS) is 12.4. The summed E-state index contributed by atoms with van der Waals surface area (Å²) in [6.45, 7) is 9.92. The first-order valence-corrected chi connectivity index (χ1v) is 6.83. The van der Waals surface area contributed by atoms with Gasteiger partial charge in [-0.2, -0.15) is 0 Å². The molecule has 1 aromatic carbocycles. The SMILES string of the molecule is CCOCCN(CC)c1ccccc1C(C)NC. The molecule has 0 aliphatic carbocycles. The largest absolute Gasteiger partial charge is 0.380 e. The van der Waals surface area contributed by atoms with E-state index in [1.807, 2.05) is 14.0 Å². The summed E-state index contributed by atoms with van der Waals surface area (Å²) >= 11 is 0. The van der Waals surface area contributed by atoms with E-state index >= 15 is 0 Å². The second-order valence-electron chi connectivity index (χ2n) is 4.35. The van der Waals surface area contributed by atoms with E-state index in [4.69, 9.17) is 4.74 Å². The minimum atomic E-state index is 0.363. The minimum absolute atomic E-state index is 0.363. The van der Waals surface area contributed by atoms with E-state index in [0.29, 0.717) is 6.04 Å². The molecule has 1 unspecified atom stereocenters. The van der Waals surface area contributed by atoms with Crippen molar-refractivity contribution in [2.24, 2.45) is 0 Å². The summed E-state index contributed by atoms with van der Waals surface area (Å²) in [5.41, 5.74) is 2.65. The molecule has 0 aliphatic rings. The molecule has 1 atom stereocenters. The first-order valence-electron chi connectivity index (χ1n) is 6.83. The number of para-hydroxylation sites is 1. The zero-order valence-electron chi connectivity index (χ0n) is 12.1. The number of anilines is 1. The van der Waals surface area contributed by atoms with Crippen LogP contribution in [0.4, 0.5) is 5.69 Å². The van der Waals surface area contributed by atoms with E-state index < -0.39 is 0 Å². The molecule has 0 amide bonds. The second-order valence-corrected chi connectivity index (χ2v) is 4.35. The van der Waals surface area contributed by atoms with Crippen molar-refractivity contribution in [3.8, 4) is 0 Å². The van der Waals surface area contributed by atoms with Crippen molar-refractivity contribution in [2.75, 3.05) is 38.3 Å². The van der Waals surface area contributed by atoms with Crippen LogP contribution in [0.1, 0.15) is 32.4 Å². The van der Waals surface area contributed by atoms with Gasteiger partial charge in [-0.1, -0.05) is 18.2 Å². The van der Waals surface area contributed by atoms with Gasteiger partial charge in [-0.15, -0.1) is 0 Å². The van der Waals surface area contributed by atoms with Crippen LogP contribution in [0.15, 0.2) is 24.3 Å². The first-order chi connectivity index (χ1) is 8.74. The van der Waals surface area contributed by atoms with Crippen LogP contribution in [0, 0.1) is 0 Å². The number of hydrogen-bond donors (Lipinski definition) is 1. The molecule has 0 spiro atoms. The van der Waals surface area contributed by atoms with Gasteiger partial charge in [0.15, 0.2) is 0 Å². The highest BCUT2D eigenvalue weighted by Gasteiger charge is 2.12. The number of hydrogen-bond acceptors (Lipinski definition) is 3. The Kier molecular flexibility index (Phi) is 6.76. The summed E-state index contributed by atoms with van der Waals surface area (Å²) in [5, 5.41) is 3.31. The zero-order chi connectivity index (χ0) is 13.4. The lowest BCUT2D eigenvalue weighted by Gasteiger charge is -2.27. The molecule has 0 heterocycles. The quantitative estimate of drug-likeness (QED) is 0.718. The highest BCUT2D eigenvalue weighted by molar-refractivity contribution is 5.54. The Morgan fingerprint density at radius 3 is 2.61 bits per heavy atom. The Morgan fingerprint density at radius 1 is 1.28 bits per heavy atom. The number of rotatable bonds is 8. The third-order valence-electron chi connectivity index (χ3n) is 3.27. The van der Waals surface area contributed by atoms with Gasteiger partial charge in [0.05, 0.1) is 6.61 Å². The lowest BCUT2D eigenvalue weighted by atomic mass is 10.1. The van der Waals surface area contributed by atoms with Gasteiger partial charge < -0.3 is 15.0 Å². The van der Waals surface area contributed by atoms with Gasteiger partial charge in [0.2, 0.25) is 0 Å². The smallest absolute Gasteiger partial charge is 0.0641 e. The molecular weight excluding hydrogens is 224 g/mol. The third-order valence-corrected chi connectivity index (χ3v) is 3.27. The average Bonchev–Trinajstić information content (AvgIpc) is 2.43. The summed E-state index contributed by atoms with van der Waals surface area (Å²) in [6, 6.07) is 8.95.